The summed E-state index contributed by atoms with van der Waals surface area (Å²) in [4.78, 5) is 14.4. The van der Waals surface area contributed by atoms with Crippen LogP contribution in [0.25, 0.3) is 0 Å². The predicted molar refractivity (Wildman–Crippen MR) is 90.8 cm³/mol. The number of nitrogens with one attached hydrogen (secondary N) is 1. The monoisotopic (exact) mass is 316 g/mol. The second-order valence-corrected chi connectivity index (χ2v) is 7.98. The molecule has 21 heavy (non-hydrogen) atoms. The van der Waals surface area contributed by atoms with Gasteiger partial charge in [-0.1, -0.05) is 27.7 Å². The Hall–Kier alpha value is -0.280. The molecule has 3 nitrogen and oxygen atoms in total. The Kier molecular flexibility index (Phi) is 6.99. The molecular formula is C17H33ClN2O. The second-order valence-electron chi connectivity index (χ2n) is 7.98. The first kappa shape index (κ1) is 18.8. The topological polar surface area (TPSA) is 32.3 Å². The molecule has 1 amide bonds. The quantitative estimate of drug-likeness (QED) is 0.842. The van der Waals surface area contributed by atoms with Crippen LogP contribution in [0.3, 0.4) is 0 Å². The first-order valence-corrected chi connectivity index (χ1v) is 8.37. The van der Waals surface area contributed by atoms with Crippen LogP contribution in [0.1, 0.15) is 59.8 Å². The van der Waals surface area contributed by atoms with Gasteiger partial charge in [0, 0.05) is 25.6 Å². The van der Waals surface area contributed by atoms with Crippen LogP contribution in [-0.4, -0.2) is 36.5 Å². The fraction of sp³-hybridized carbons (Fsp3) is 0.941. The van der Waals surface area contributed by atoms with E-state index < -0.39 is 0 Å². The van der Waals surface area contributed by atoms with Crippen LogP contribution in [0.5, 0.6) is 0 Å². The molecule has 0 aromatic carbocycles. The van der Waals surface area contributed by atoms with E-state index in [0.29, 0.717) is 24.3 Å². The molecule has 4 heteroatoms. The zero-order valence-electron chi connectivity index (χ0n) is 14.2. The normalized spacial score (nSPS) is 21.8. The highest BCUT2D eigenvalue weighted by molar-refractivity contribution is 5.85. The molecule has 124 valence electrons. The van der Waals surface area contributed by atoms with E-state index in [9.17, 15) is 4.79 Å². The minimum Gasteiger partial charge on any atom is -0.343 e. The molecule has 1 aliphatic carbocycles. The Morgan fingerprint density at radius 2 is 1.76 bits per heavy atom. The lowest BCUT2D eigenvalue weighted by molar-refractivity contribution is -0.134. The maximum atomic E-state index is 12.3. The fourth-order valence-corrected chi connectivity index (χ4v) is 2.69. The van der Waals surface area contributed by atoms with Gasteiger partial charge in [-0.15, -0.1) is 12.4 Å². The van der Waals surface area contributed by atoms with Gasteiger partial charge in [-0.25, -0.2) is 0 Å². The van der Waals surface area contributed by atoms with Crippen molar-refractivity contribution >= 4 is 18.3 Å². The highest BCUT2D eigenvalue weighted by Gasteiger charge is 2.28. The van der Waals surface area contributed by atoms with E-state index in [0.717, 1.165) is 31.8 Å². The van der Waals surface area contributed by atoms with Crippen molar-refractivity contribution in [3.8, 4) is 0 Å². The van der Waals surface area contributed by atoms with Gasteiger partial charge in [0.15, 0.2) is 0 Å². The average Bonchev–Trinajstić information content (AvgIpc) is 3.19. The zero-order valence-corrected chi connectivity index (χ0v) is 15.0. The molecule has 0 radical (unpaired) electrons. The number of carbonyl (C=O) groups is 1. The van der Waals surface area contributed by atoms with Gasteiger partial charge in [0.25, 0.3) is 0 Å². The van der Waals surface area contributed by atoms with Crippen LogP contribution >= 0.6 is 12.4 Å². The van der Waals surface area contributed by atoms with Gasteiger partial charge in [0.05, 0.1) is 0 Å². The molecule has 2 aliphatic rings. The van der Waals surface area contributed by atoms with E-state index in [1.165, 1.54) is 19.4 Å². The number of likely N-dealkylation sites (tertiary alicyclic amines) is 1. The summed E-state index contributed by atoms with van der Waals surface area (Å²) in [6.45, 7) is 11.9. The van der Waals surface area contributed by atoms with Crippen molar-refractivity contribution in [1.29, 1.82) is 0 Å². The first-order chi connectivity index (χ1) is 9.36. The second kappa shape index (κ2) is 7.82. The number of halogens is 1. The molecule has 1 saturated heterocycles. The van der Waals surface area contributed by atoms with E-state index in [4.69, 9.17) is 0 Å². The minimum absolute atomic E-state index is 0. The Balaban J connectivity index is 0.00000220. The average molecular weight is 317 g/mol. The molecule has 1 atom stereocenters. The van der Waals surface area contributed by atoms with E-state index in [1.54, 1.807) is 0 Å². The van der Waals surface area contributed by atoms with Gasteiger partial charge in [-0.05, 0) is 49.5 Å². The lowest BCUT2D eigenvalue weighted by Gasteiger charge is -2.35. The number of hydrogen-bond donors (Lipinski definition) is 1. The van der Waals surface area contributed by atoms with Gasteiger partial charge < -0.3 is 10.2 Å². The van der Waals surface area contributed by atoms with Gasteiger partial charge in [0.2, 0.25) is 5.91 Å². The molecule has 0 spiro atoms. The molecule has 2 rings (SSSR count). The molecule has 2 fully saturated rings. The number of hydrogen-bond acceptors (Lipinski definition) is 2. The Bertz CT molecular complexity index is 328. The van der Waals surface area contributed by atoms with E-state index in [2.05, 4.69) is 37.9 Å². The lowest BCUT2D eigenvalue weighted by atomic mass is 9.80. The first-order valence-electron chi connectivity index (χ1n) is 8.37. The summed E-state index contributed by atoms with van der Waals surface area (Å²) < 4.78 is 0. The third-order valence-corrected chi connectivity index (χ3v) is 5.20. The van der Waals surface area contributed by atoms with Gasteiger partial charge in [-0.2, -0.15) is 0 Å². The third-order valence-electron chi connectivity index (χ3n) is 5.20. The number of amides is 1. The van der Waals surface area contributed by atoms with Gasteiger partial charge in [-0.3, -0.25) is 4.79 Å². The lowest BCUT2D eigenvalue weighted by Crippen LogP contribution is -2.46. The highest BCUT2D eigenvalue weighted by Crippen LogP contribution is 2.29. The predicted octanol–water partition coefficient (Wildman–Crippen LogP) is 3.47. The molecular weight excluding hydrogens is 284 g/mol. The minimum atomic E-state index is 0. The van der Waals surface area contributed by atoms with Crippen molar-refractivity contribution in [1.82, 2.24) is 10.2 Å². The summed E-state index contributed by atoms with van der Waals surface area (Å²) in [6, 6.07) is 0.639. The summed E-state index contributed by atoms with van der Waals surface area (Å²) in [6.07, 6.45) is 5.78. The number of piperidine rings is 1. The van der Waals surface area contributed by atoms with Crippen LogP contribution in [0, 0.1) is 17.3 Å². The van der Waals surface area contributed by atoms with Crippen LogP contribution < -0.4 is 5.32 Å². The molecule has 1 unspecified atom stereocenters. The van der Waals surface area contributed by atoms with Crippen molar-refractivity contribution in [2.75, 3.05) is 19.6 Å². The maximum absolute atomic E-state index is 12.3. The highest BCUT2D eigenvalue weighted by atomic mass is 35.5. The molecule has 1 heterocycles. The van der Waals surface area contributed by atoms with Crippen LogP contribution in [0.15, 0.2) is 0 Å². The summed E-state index contributed by atoms with van der Waals surface area (Å²) in [5.41, 5.74) is 0.222. The van der Waals surface area contributed by atoms with E-state index in [1.807, 2.05) is 0 Å². The maximum Gasteiger partial charge on any atom is 0.222 e. The SMILES string of the molecule is CC(CC(=O)N1CCC(NCC2CC2)CC1)C(C)(C)C.Cl. The molecule has 0 aromatic heterocycles. The van der Waals surface area contributed by atoms with Crippen LogP contribution in [0.4, 0.5) is 0 Å². The smallest absolute Gasteiger partial charge is 0.222 e. The molecule has 0 aromatic rings. The fourth-order valence-electron chi connectivity index (χ4n) is 2.69. The molecule has 1 saturated carbocycles. The Labute approximate surface area is 136 Å². The number of nitrogens with zero attached hydrogens (tertiary/aromatic N) is 1. The standard InChI is InChI=1S/C17H32N2O.ClH/c1-13(17(2,3)4)11-16(20)19-9-7-15(8-10-19)18-12-14-5-6-14;/h13-15,18H,5-12H2,1-4H3;1H. The summed E-state index contributed by atoms with van der Waals surface area (Å²) in [5.74, 6) is 1.75. The third kappa shape index (κ3) is 6.15. The van der Waals surface area contributed by atoms with E-state index in [-0.39, 0.29) is 17.8 Å². The van der Waals surface area contributed by atoms with Gasteiger partial charge in [0.1, 0.15) is 0 Å². The largest absolute Gasteiger partial charge is 0.343 e. The van der Waals surface area contributed by atoms with Crippen molar-refractivity contribution in [3.63, 3.8) is 0 Å². The molecule has 1 aliphatic heterocycles. The van der Waals surface area contributed by atoms with Crippen molar-refractivity contribution in [2.45, 2.75) is 65.8 Å². The summed E-state index contributed by atoms with van der Waals surface area (Å²) in [5, 5.41) is 3.67. The van der Waals surface area contributed by atoms with Crippen molar-refractivity contribution in [3.05, 3.63) is 0 Å². The number of carbonyl (C=O) groups excluding carboxylic acids is 1. The zero-order chi connectivity index (χ0) is 14.8. The van der Waals surface area contributed by atoms with E-state index >= 15 is 0 Å². The Morgan fingerprint density at radius 1 is 1.19 bits per heavy atom. The van der Waals surface area contributed by atoms with Crippen molar-refractivity contribution < 1.29 is 4.79 Å². The van der Waals surface area contributed by atoms with Crippen LogP contribution in [0.2, 0.25) is 0 Å². The number of rotatable bonds is 5. The summed E-state index contributed by atoms with van der Waals surface area (Å²) in [7, 11) is 0. The van der Waals surface area contributed by atoms with Crippen molar-refractivity contribution in [2.24, 2.45) is 17.3 Å². The Morgan fingerprint density at radius 3 is 2.24 bits per heavy atom. The van der Waals surface area contributed by atoms with Gasteiger partial charge >= 0.3 is 0 Å². The van der Waals surface area contributed by atoms with Crippen LogP contribution in [-0.2, 0) is 4.79 Å². The summed E-state index contributed by atoms with van der Waals surface area (Å²) >= 11 is 0. The molecule has 1 N–H and O–H groups in total. The molecule has 0 bridgehead atoms.